The van der Waals surface area contributed by atoms with Gasteiger partial charge in [-0.05, 0) is 49.9 Å². The molecule has 0 saturated carbocycles. The molecule has 1 aliphatic heterocycles. The Morgan fingerprint density at radius 2 is 1.71 bits per heavy atom. The fraction of sp³-hybridized carbons (Fsp3) is 0.625. The third-order valence-corrected chi connectivity index (χ3v) is 3.45. The molecule has 1 saturated heterocycles. The molecule has 1 aromatic carbocycles. The summed E-state index contributed by atoms with van der Waals surface area (Å²) in [5, 5.41) is 0. The van der Waals surface area contributed by atoms with Gasteiger partial charge in [-0.2, -0.15) is 0 Å². The second-order valence-corrected chi connectivity index (χ2v) is 4.77. The summed E-state index contributed by atoms with van der Waals surface area (Å²) >= 11 is 0. The fourth-order valence-corrected chi connectivity index (χ4v) is 2.59. The highest BCUT2D eigenvalue weighted by molar-refractivity contribution is 5.28. The monoisotopic (exact) mass is 233 g/mol. The number of rotatable bonds is 3. The largest absolute Gasteiger partial charge is 0.303 e. The average Bonchev–Trinajstić information content (AvgIpc) is 2.85. The second-order valence-electron chi connectivity index (χ2n) is 4.77. The van der Waals surface area contributed by atoms with Crippen molar-refractivity contribution in [3.8, 4) is 0 Å². The molecule has 1 fully saturated rings. The number of hydrogen-bond donors (Lipinski definition) is 0. The first kappa shape index (κ1) is 14.2. The zero-order chi connectivity index (χ0) is 12.7. The predicted octanol–water partition coefficient (Wildman–Crippen LogP) is 4.22. The SMILES string of the molecule is CC.Cc1ccccc1C(C)CN1CCCC1. The number of hydrogen-bond acceptors (Lipinski definition) is 1. The third-order valence-electron chi connectivity index (χ3n) is 3.45. The van der Waals surface area contributed by atoms with Crippen LogP contribution in [-0.2, 0) is 0 Å². The zero-order valence-corrected chi connectivity index (χ0v) is 11.9. The lowest BCUT2D eigenvalue weighted by molar-refractivity contribution is 0.320. The van der Waals surface area contributed by atoms with Gasteiger partial charge in [-0.25, -0.2) is 0 Å². The number of aryl methyl sites for hydroxylation is 1. The van der Waals surface area contributed by atoms with E-state index in [0.29, 0.717) is 5.92 Å². The van der Waals surface area contributed by atoms with E-state index in [-0.39, 0.29) is 0 Å². The molecule has 2 rings (SSSR count). The molecule has 96 valence electrons. The van der Waals surface area contributed by atoms with Crippen molar-refractivity contribution in [3.05, 3.63) is 35.4 Å². The van der Waals surface area contributed by atoms with E-state index >= 15 is 0 Å². The molecule has 1 heteroatoms. The number of likely N-dealkylation sites (tertiary alicyclic amines) is 1. The summed E-state index contributed by atoms with van der Waals surface area (Å²) in [6.07, 6.45) is 2.78. The highest BCUT2D eigenvalue weighted by Crippen LogP contribution is 2.21. The van der Waals surface area contributed by atoms with Crippen LogP contribution in [0, 0.1) is 6.92 Å². The van der Waals surface area contributed by atoms with Crippen molar-refractivity contribution in [2.45, 2.75) is 46.5 Å². The molecule has 1 heterocycles. The Morgan fingerprint density at radius 3 is 2.29 bits per heavy atom. The third kappa shape index (κ3) is 4.16. The van der Waals surface area contributed by atoms with Crippen LogP contribution in [0.2, 0.25) is 0 Å². The predicted molar refractivity (Wildman–Crippen MR) is 76.6 cm³/mol. The molecule has 1 aliphatic rings. The van der Waals surface area contributed by atoms with Gasteiger partial charge in [0.25, 0.3) is 0 Å². The van der Waals surface area contributed by atoms with Gasteiger partial charge in [-0.15, -0.1) is 0 Å². The lowest BCUT2D eigenvalue weighted by Gasteiger charge is -2.21. The van der Waals surface area contributed by atoms with Crippen LogP contribution in [0.1, 0.15) is 50.7 Å². The Morgan fingerprint density at radius 1 is 1.12 bits per heavy atom. The molecule has 0 aromatic heterocycles. The minimum Gasteiger partial charge on any atom is -0.303 e. The number of benzene rings is 1. The first-order valence-corrected chi connectivity index (χ1v) is 7.05. The van der Waals surface area contributed by atoms with Crippen molar-refractivity contribution >= 4 is 0 Å². The van der Waals surface area contributed by atoms with E-state index in [0.717, 1.165) is 0 Å². The molecule has 0 bridgehead atoms. The minimum absolute atomic E-state index is 0.671. The number of nitrogens with zero attached hydrogens (tertiary/aromatic N) is 1. The van der Waals surface area contributed by atoms with Gasteiger partial charge in [0, 0.05) is 6.54 Å². The quantitative estimate of drug-likeness (QED) is 0.755. The zero-order valence-electron chi connectivity index (χ0n) is 11.9. The summed E-state index contributed by atoms with van der Waals surface area (Å²) in [7, 11) is 0. The Bertz CT molecular complexity index is 313. The van der Waals surface area contributed by atoms with Crippen molar-refractivity contribution in [1.29, 1.82) is 0 Å². The first-order valence-electron chi connectivity index (χ1n) is 7.05. The van der Waals surface area contributed by atoms with Gasteiger partial charge in [-0.3, -0.25) is 0 Å². The molecule has 0 radical (unpaired) electrons. The Balaban J connectivity index is 0.000000686. The van der Waals surface area contributed by atoms with E-state index in [1.54, 1.807) is 0 Å². The summed E-state index contributed by atoms with van der Waals surface area (Å²) in [6, 6.07) is 8.77. The van der Waals surface area contributed by atoms with Gasteiger partial charge in [0.1, 0.15) is 0 Å². The van der Waals surface area contributed by atoms with E-state index in [2.05, 4.69) is 43.0 Å². The van der Waals surface area contributed by atoms with Crippen LogP contribution in [0.5, 0.6) is 0 Å². The summed E-state index contributed by atoms with van der Waals surface area (Å²) < 4.78 is 0. The molecule has 1 unspecified atom stereocenters. The lowest BCUT2D eigenvalue weighted by atomic mass is 9.96. The Labute approximate surface area is 107 Å². The van der Waals surface area contributed by atoms with E-state index in [4.69, 9.17) is 0 Å². The van der Waals surface area contributed by atoms with E-state index < -0.39 is 0 Å². The van der Waals surface area contributed by atoms with Crippen molar-refractivity contribution in [3.63, 3.8) is 0 Å². The summed E-state index contributed by atoms with van der Waals surface area (Å²) in [4.78, 5) is 2.59. The normalized spacial score (nSPS) is 17.4. The highest BCUT2D eigenvalue weighted by atomic mass is 15.1. The molecular formula is C16H27N. The fourth-order valence-electron chi connectivity index (χ4n) is 2.59. The van der Waals surface area contributed by atoms with Crippen LogP contribution in [0.4, 0.5) is 0 Å². The maximum Gasteiger partial charge on any atom is 0.00477 e. The standard InChI is InChI=1S/C14H21N.C2H6/c1-12-7-3-4-8-14(12)13(2)11-15-9-5-6-10-15;1-2/h3-4,7-8,13H,5-6,9-11H2,1-2H3;1-2H3. The van der Waals surface area contributed by atoms with Crippen molar-refractivity contribution < 1.29 is 0 Å². The Kier molecular flexibility index (Phi) is 6.28. The highest BCUT2D eigenvalue weighted by Gasteiger charge is 2.16. The van der Waals surface area contributed by atoms with E-state index in [1.165, 1.54) is 43.6 Å². The molecule has 0 amide bonds. The molecular weight excluding hydrogens is 206 g/mol. The molecule has 0 N–H and O–H groups in total. The van der Waals surface area contributed by atoms with E-state index in [1.807, 2.05) is 13.8 Å². The van der Waals surface area contributed by atoms with Crippen LogP contribution in [0.3, 0.4) is 0 Å². The van der Waals surface area contributed by atoms with E-state index in [9.17, 15) is 0 Å². The molecule has 1 nitrogen and oxygen atoms in total. The molecule has 0 aliphatic carbocycles. The Hall–Kier alpha value is -0.820. The maximum absolute atomic E-state index is 2.59. The van der Waals surface area contributed by atoms with Crippen LogP contribution < -0.4 is 0 Å². The maximum atomic E-state index is 2.59. The van der Waals surface area contributed by atoms with Crippen LogP contribution in [-0.4, -0.2) is 24.5 Å². The molecule has 1 atom stereocenters. The summed E-state index contributed by atoms with van der Waals surface area (Å²) in [5.41, 5.74) is 2.95. The summed E-state index contributed by atoms with van der Waals surface area (Å²) in [6.45, 7) is 12.4. The van der Waals surface area contributed by atoms with Crippen LogP contribution in [0.15, 0.2) is 24.3 Å². The van der Waals surface area contributed by atoms with Gasteiger partial charge in [0.05, 0.1) is 0 Å². The topological polar surface area (TPSA) is 3.24 Å². The molecule has 1 aromatic rings. The van der Waals surface area contributed by atoms with Crippen LogP contribution >= 0.6 is 0 Å². The smallest absolute Gasteiger partial charge is 0.00477 e. The molecule has 0 spiro atoms. The van der Waals surface area contributed by atoms with Gasteiger partial charge in [0.2, 0.25) is 0 Å². The minimum atomic E-state index is 0.671. The lowest BCUT2D eigenvalue weighted by Crippen LogP contribution is -2.24. The molecule has 17 heavy (non-hydrogen) atoms. The van der Waals surface area contributed by atoms with Gasteiger partial charge in [-0.1, -0.05) is 45.0 Å². The first-order chi connectivity index (χ1) is 8.27. The summed E-state index contributed by atoms with van der Waals surface area (Å²) in [5.74, 6) is 0.671. The van der Waals surface area contributed by atoms with Crippen molar-refractivity contribution in [2.24, 2.45) is 0 Å². The second kappa shape index (κ2) is 7.50. The van der Waals surface area contributed by atoms with Gasteiger partial charge in [0.15, 0.2) is 0 Å². The van der Waals surface area contributed by atoms with Crippen molar-refractivity contribution in [2.75, 3.05) is 19.6 Å². The average molecular weight is 233 g/mol. The van der Waals surface area contributed by atoms with Gasteiger partial charge >= 0.3 is 0 Å². The van der Waals surface area contributed by atoms with Crippen molar-refractivity contribution in [1.82, 2.24) is 4.90 Å². The van der Waals surface area contributed by atoms with Gasteiger partial charge < -0.3 is 4.90 Å². The van der Waals surface area contributed by atoms with Crippen LogP contribution in [0.25, 0.3) is 0 Å².